The predicted molar refractivity (Wildman–Crippen MR) is 160 cm³/mol. The highest BCUT2D eigenvalue weighted by atomic mass is 15.2. The van der Waals surface area contributed by atoms with Crippen LogP contribution in [-0.2, 0) is 6.54 Å². The van der Waals surface area contributed by atoms with Gasteiger partial charge in [0.15, 0.2) is 0 Å². The van der Waals surface area contributed by atoms with Crippen LogP contribution in [-0.4, -0.2) is 23.0 Å². The Hall–Kier alpha value is -3.37. The number of hydrogen-bond acceptors (Lipinski definition) is 4. The summed E-state index contributed by atoms with van der Waals surface area (Å²) in [4.78, 5) is 8.83. The van der Waals surface area contributed by atoms with E-state index >= 15 is 0 Å². The average molecular weight is 497 g/mol. The summed E-state index contributed by atoms with van der Waals surface area (Å²) in [6.45, 7) is 24.6. The first kappa shape index (κ1) is 28.2. The monoisotopic (exact) mass is 496 g/mol. The lowest BCUT2D eigenvalue weighted by Gasteiger charge is -2.39. The van der Waals surface area contributed by atoms with Crippen molar-refractivity contribution in [3.05, 3.63) is 109 Å². The smallest absolute Gasteiger partial charge is 0.0539 e. The second kappa shape index (κ2) is 12.7. The van der Waals surface area contributed by atoms with E-state index in [1.165, 1.54) is 25.7 Å². The van der Waals surface area contributed by atoms with Crippen LogP contribution >= 0.6 is 0 Å². The summed E-state index contributed by atoms with van der Waals surface area (Å²) in [5.41, 5.74) is 13.7. The number of rotatable bonds is 11. The largest absolute Gasteiger partial charge is 0.350 e. The van der Waals surface area contributed by atoms with Crippen molar-refractivity contribution >= 4 is 5.69 Å². The molecule has 196 valence electrons. The lowest BCUT2D eigenvalue weighted by Crippen LogP contribution is -2.34. The number of hydrogen-bond donors (Lipinski definition) is 1. The molecule has 0 saturated heterocycles. The quantitative estimate of drug-likeness (QED) is 0.322. The van der Waals surface area contributed by atoms with Gasteiger partial charge in [-0.2, -0.15) is 0 Å². The Morgan fingerprint density at radius 1 is 1.03 bits per heavy atom. The number of allylic oxidation sites excluding steroid dienone is 3. The van der Waals surface area contributed by atoms with Gasteiger partial charge in [-0.3, -0.25) is 4.98 Å². The third kappa shape index (κ3) is 6.90. The summed E-state index contributed by atoms with van der Waals surface area (Å²) in [7, 11) is 2.05. The van der Waals surface area contributed by atoms with Gasteiger partial charge in [-0.05, 0) is 67.9 Å². The molecule has 1 fully saturated rings. The summed E-state index contributed by atoms with van der Waals surface area (Å²) in [5, 5.41) is 0. The van der Waals surface area contributed by atoms with Crippen molar-refractivity contribution < 1.29 is 0 Å². The number of benzene rings is 1. The predicted octanol–water partition coefficient (Wildman–Crippen LogP) is 7.83. The van der Waals surface area contributed by atoms with Gasteiger partial charge in [0, 0.05) is 60.2 Å². The minimum atomic E-state index is 0.240. The van der Waals surface area contributed by atoms with Crippen LogP contribution in [0.1, 0.15) is 52.1 Å². The van der Waals surface area contributed by atoms with Gasteiger partial charge in [-0.1, -0.05) is 70.4 Å². The van der Waals surface area contributed by atoms with Gasteiger partial charge in [0.25, 0.3) is 0 Å². The first-order valence-electron chi connectivity index (χ1n) is 13.3. The third-order valence-electron chi connectivity index (χ3n) is 7.47. The normalized spacial score (nSPS) is 17.8. The molecule has 0 atom stereocenters. The third-order valence-corrected chi connectivity index (χ3v) is 7.47. The Kier molecular flexibility index (Phi) is 9.71. The topological polar surface area (TPSA) is 45.4 Å². The molecule has 2 aromatic rings. The van der Waals surface area contributed by atoms with Crippen molar-refractivity contribution in [1.29, 1.82) is 0 Å². The van der Waals surface area contributed by atoms with Gasteiger partial charge in [0.2, 0.25) is 0 Å². The molecule has 0 amide bonds. The van der Waals surface area contributed by atoms with Crippen LogP contribution in [0, 0.1) is 11.8 Å². The van der Waals surface area contributed by atoms with E-state index in [0.717, 1.165) is 51.0 Å². The van der Waals surface area contributed by atoms with Crippen LogP contribution in [0.3, 0.4) is 0 Å². The van der Waals surface area contributed by atoms with E-state index in [1.54, 1.807) is 6.08 Å². The molecule has 1 saturated carbocycles. The molecule has 0 spiro atoms. The van der Waals surface area contributed by atoms with Crippen molar-refractivity contribution in [1.82, 2.24) is 9.88 Å². The minimum absolute atomic E-state index is 0.240. The maximum Gasteiger partial charge on any atom is 0.0539 e. The molecule has 1 aromatic heterocycles. The lowest BCUT2D eigenvalue weighted by molar-refractivity contribution is 0.251. The summed E-state index contributed by atoms with van der Waals surface area (Å²) in [5.74, 6) is 1.30. The van der Waals surface area contributed by atoms with Crippen LogP contribution in [0.4, 0.5) is 5.69 Å². The second-order valence-electron chi connectivity index (χ2n) is 10.5. The van der Waals surface area contributed by atoms with Crippen LogP contribution in [0.5, 0.6) is 0 Å². The standard InChI is InChI=1S/C33H44N4/c1-9-25(5)33(27(7)37(23(2)3)26(6)28-12-10-24(4)11-13-28)22-36(8)32-18-15-29(16-19-32)30-14-17-31(20-34)35-21-30/h9,14-19,21-24,28H,1,5-7,10-13,20,34H2,2-4,8H3/b33-22-. The fourth-order valence-electron chi connectivity index (χ4n) is 5.06. The highest BCUT2D eigenvalue weighted by molar-refractivity contribution is 5.66. The van der Waals surface area contributed by atoms with E-state index in [2.05, 4.69) is 98.4 Å². The zero-order valence-electron chi connectivity index (χ0n) is 23.2. The second-order valence-corrected chi connectivity index (χ2v) is 10.5. The van der Waals surface area contributed by atoms with Gasteiger partial charge < -0.3 is 15.5 Å². The van der Waals surface area contributed by atoms with Crippen molar-refractivity contribution in [2.75, 3.05) is 11.9 Å². The van der Waals surface area contributed by atoms with Crippen LogP contribution in [0.15, 0.2) is 104 Å². The Labute approximate surface area is 224 Å². The zero-order valence-corrected chi connectivity index (χ0v) is 23.2. The van der Waals surface area contributed by atoms with E-state index in [9.17, 15) is 0 Å². The number of aromatic nitrogens is 1. The molecule has 37 heavy (non-hydrogen) atoms. The molecule has 4 heteroatoms. The van der Waals surface area contributed by atoms with Gasteiger partial charge >= 0.3 is 0 Å². The SMILES string of the molecule is C=CC(=C)/C(=C/N(C)c1ccc(-c2ccc(CN)nc2)cc1)C(=C)N(C(=C)C1CCC(C)CC1)C(C)C. The maximum absolute atomic E-state index is 5.68. The highest BCUT2D eigenvalue weighted by Gasteiger charge is 2.27. The fourth-order valence-corrected chi connectivity index (χ4v) is 5.06. The molecule has 2 N–H and O–H groups in total. The maximum atomic E-state index is 5.68. The number of nitrogens with zero attached hydrogens (tertiary/aromatic N) is 3. The summed E-state index contributed by atoms with van der Waals surface area (Å²) in [6.07, 6.45) is 10.7. The van der Waals surface area contributed by atoms with E-state index in [1.807, 2.05) is 19.3 Å². The van der Waals surface area contributed by atoms with Gasteiger partial charge in [0.05, 0.1) is 5.69 Å². The molecule has 1 aliphatic rings. The highest BCUT2D eigenvalue weighted by Crippen LogP contribution is 2.37. The van der Waals surface area contributed by atoms with Crippen molar-refractivity contribution in [2.24, 2.45) is 17.6 Å². The van der Waals surface area contributed by atoms with Crippen LogP contribution in [0.2, 0.25) is 0 Å². The minimum Gasteiger partial charge on any atom is -0.350 e. The molecular weight excluding hydrogens is 452 g/mol. The first-order valence-corrected chi connectivity index (χ1v) is 13.3. The van der Waals surface area contributed by atoms with Gasteiger partial charge in [-0.25, -0.2) is 0 Å². The van der Waals surface area contributed by atoms with E-state index < -0.39 is 0 Å². The summed E-state index contributed by atoms with van der Waals surface area (Å²) < 4.78 is 0. The van der Waals surface area contributed by atoms with E-state index in [0.29, 0.717) is 12.5 Å². The average Bonchev–Trinajstić information content (AvgIpc) is 2.91. The molecule has 0 bridgehead atoms. The summed E-state index contributed by atoms with van der Waals surface area (Å²) in [6, 6.07) is 12.7. The molecule has 4 nitrogen and oxygen atoms in total. The number of anilines is 1. The van der Waals surface area contributed by atoms with Crippen molar-refractivity contribution in [2.45, 2.75) is 59.0 Å². The van der Waals surface area contributed by atoms with Gasteiger partial charge in [-0.15, -0.1) is 0 Å². The van der Waals surface area contributed by atoms with Crippen LogP contribution in [0.25, 0.3) is 11.1 Å². The Balaban J connectivity index is 1.85. The molecular formula is C33H44N4. The Bertz CT molecular complexity index is 1130. The molecule has 1 aromatic carbocycles. The first-order chi connectivity index (χ1) is 17.7. The fraction of sp³-hybridized carbons (Fsp3) is 0.364. The summed E-state index contributed by atoms with van der Waals surface area (Å²) >= 11 is 0. The zero-order chi connectivity index (χ0) is 27.1. The molecule has 1 aliphatic carbocycles. The number of nitrogens with two attached hydrogens (primary N) is 1. The van der Waals surface area contributed by atoms with E-state index in [-0.39, 0.29) is 6.04 Å². The molecule has 0 radical (unpaired) electrons. The molecule has 0 unspecified atom stereocenters. The molecule has 3 rings (SSSR count). The Morgan fingerprint density at radius 3 is 2.16 bits per heavy atom. The van der Waals surface area contributed by atoms with E-state index in [4.69, 9.17) is 5.73 Å². The van der Waals surface area contributed by atoms with Crippen molar-refractivity contribution in [3.8, 4) is 11.1 Å². The molecule has 0 aliphatic heterocycles. The lowest BCUT2D eigenvalue weighted by atomic mass is 9.81. The van der Waals surface area contributed by atoms with Crippen molar-refractivity contribution in [3.63, 3.8) is 0 Å². The van der Waals surface area contributed by atoms with Gasteiger partial charge in [0.1, 0.15) is 0 Å². The number of pyridine rings is 1. The van der Waals surface area contributed by atoms with Crippen LogP contribution < -0.4 is 10.6 Å². The Morgan fingerprint density at radius 2 is 1.65 bits per heavy atom. The molecule has 1 heterocycles.